The van der Waals surface area contributed by atoms with Crippen LogP contribution in [0.4, 0.5) is 4.79 Å². The molecule has 5 nitrogen and oxygen atoms in total. The normalized spacial score (nSPS) is 21.8. The summed E-state index contributed by atoms with van der Waals surface area (Å²) in [6.07, 6.45) is 5.32. The van der Waals surface area contributed by atoms with Crippen molar-refractivity contribution in [3.05, 3.63) is 0 Å². The van der Waals surface area contributed by atoms with E-state index in [4.69, 9.17) is 0 Å². The fraction of sp³-hybridized carbons (Fsp3) is 0.875. The van der Waals surface area contributed by atoms with E-state index in [-0.39, 0.29) is 6.03 Å². The van der Waals surface area contributed by atoms with Crippen molar-refractivity contribution in [3.63, 3.8) is 0 Å². The Balaban J connectivity index is 2.34. The summed E-state index contributed by atoms with van der Waals surface area (Å²) in [5.41, 5.74) is -0.732. The minimum absolute atomic E-state index is 0.112. The van der Waals surface area contributed by atoms with Crippen LogP contribution in [0.25, 0.3) is 0 Å². The maximum absolute atomic E-state index is 12.1. The number of amides is 2. The van der Waals surface area contributed by atoms with Gasteiger partial charge in [0, 0.05) is 19.6 Å². The number of hydrogen-bond donors (Lipinski definition) is 2. The topological polar surface area (TPSA) is 69.6 Å². The van der Waals surface area contributed by atoms with Gasteiger partial charge in [-0.1, -0.05) is 40.0 Å². The number of rotatable bonds is 8. The number of likely N-dealkylation sites (tertiary alicyclic amines) is 1. The summed E-state index contributed by atoms with van der Waals surface area (Å²) in [4.78, 5) is 25.2. The Morgan fingerprint density at radius 1 is 1.33 bits per heavy atom. The second-order valence-corrected chi connectivity index (χ2v) is 6.63. The molecular weight excluding hydrogens is 268 g/mol. The Labute approximate surface area is 128 Å². The minimum Gasteiger partial charge on any atom is -0.481 e. The Kier molecular flexibility index (Phi) is 6.99. The molecule has 1 aliphatic rings. The van der Waals surface area contributed by atoms with Crippen molar-refractivity contribution >= 4 is 12.0 Å². The Hall–Kier alpha value is -1.26. The van der Waals surface area contributed by atoms with Gasteiger partial charge >= 0.3 is 12.0 Å². The average molecular weight is 298 g/mol. The van der Waals surface area contributed by atoms with Crippen molar-refractivity contribution in [1.82, 2.24) is 10.2 Å². The smallest absolute Gasteiger partial charge is 0.317 e. The van der Waals surface area contributed by atoms with Crippen LogP contribution in [0.1, 0.15) is 59.3 Å². The van der Waals surface area contributed by atoms with E-state index in [2.05, 4.69) is 19.2 Å². The van der Waals surface area contributed by atoms with Gasteiger partial charge in [-0.05, 0) is 25.2 Å². The van der Waals surface area contributed by atoms with Crippen LogP contribution in [-0.2, 0) is 4.79 Å². The van der Waals surface area contributed by atoms with Crippen molar-refractivity contribution in [2.45, 2.75) is 59.3 Å². The van der Waals surface area contributed by atoms with Crippen LogP contribution in [-0.4, -0.2) is 41.6 Å². The molecule has 1 saturated heterocycles. The fourth-order valence-corrected chi connectivity index (χ4v) is 2.99. The highest BCUT2D eigenvalue weighted by Gasteiger charge is 2.45. The van der Waals surface area contributed by atoms with E-state index in [9.17, 15) is 14.7 Å². The van der Waals surface area contributed by atoms with E-state index in [0.29, 0.717) is 38.4 Å². The maximum Gasteiger partial charge on any atom is 0.317 e. The number of nitrogens with zero attached hydrogens (tertiary/aromatic N) is 1. The van der Waals surface area contributed by atoms with Crippen LogP contribution in [0, 0.1) is 11.3 Å². The molecular formula is C16H30N2O3. The van der Waals surface area contributed by atoms with Crippen LogP contribution in [0.5, 0.6) is 0 Å². The van der Waals surface area contributed by atoms with Crippen molar-refractivity contribution < 1.29 is 14.7 Å². The van der Waals surface area contributed by atoms with E-state index in [1.54, 1.807) is 4.90 Å². The lowest BCUT2D eigenvalue weighted by molar-refractivity contribution is -0.148. The quantitative estimate of drug-likeness (QED) is 0.676. The molecule has 1 rings (SSSR count). The summed E-state index contributed by atoms with van der Waals surface area (Å²) in [5, 5.41) is 12.3. The van der Waals surface area contributed by atoms with Gasteiger partial charge in [0.25, 0.3) is 0 Å². The number of carboxylic acids is 1. The van der Waals surface area contributed by atoms with Gasteiger partial charge in [-0.2, -0.15) is 0 Å². The number of hydrogen-bond acceptors (Lipinski definition) is 2. The molecule has 5 heteroatoms. The predicted molar refractivity (Wildman–Crippen MR) is 83.3 cm³/mol. The van der Waals surface area contributed by atoms with Gasteiger partial charge in [-0.25, -0.2) is 4.79 Å². The largest absolute Gasteiger partial charge is 0.481 e. The SMILES string of the molecule is CCCC1(C(=O)O)CCN(C(=O)NCCCCC(C)C)C1. The summed E-state index contributed by atoms with van der Waals surface area (Å²) >= 11 is 0. The van der Waals surface area contributed by atoms with Crippen molar-refractivity contribution in [2.75, 3.05) is 19.6 Å². The highest BCUT2D eigenvalue weighted by molar-refractivity contribution is 5.79. The van der Waals surface area contributed by atoms with Crippen molar-refractivity contribution in [2.24, 2.45) is 11.3 Å². The lowest BCUT2D eigenvalue weighted by Crippen LogP contribution is -2.42. The maximum atomic E-state index is 12.1. The van der Waals surface area contributed by atoms with E-state index in [1.807, 2.05) is 6.92 Å². The van der Waals surface area contributed by atoms with Crippen LogP contribution in [0.15, 0.2) is 0 Å². The molecule has 1 heterocycles. The molecule has 122 valence electrons. The predicted octanol–water partition coefficient (Wildman–Crippen LogP) is 3.10. The number of nitrogens with one attached hydrogen (secondary N) is 1. The van der Waals surface area contributed by atoms with E-state index in [0.717, 1.165) is 19.3 Å². The second-order valence-electron chi connectivity index (χ2n) is 6.63. The standard InChI is InChI=1S/C16H30N2O3/c1-4-8-16(14(19)20)9-11-18(12-16)15(21)17-10-6-5-7-13(2)3/h13H,4-12H2,1-3H3,(H,17,21)(H,19,20). The summed E-state index contributed by atoms with van der Waals surface area (Å²) in [6.45, 7) is 7.94. The van der Waals surface area contributed by atoms with Crippen molar-refractivity contribution in [3.8, 4) is 0 Å². The summed E-state index contributed by atoms with van der Waals surface area (Å²) in [7, 11) is 0. The monoisotopic (exact) mass is 298 g/mol. The van der Waals surface area contributed by atoms with Crippen LogP contribution >= 0.6 is 0 Å². The Bertz CT molecular complexity index is 357. The first-order chi connectivity index (χ1) is 9.91. The molecule has 0 aliphatic carbocycles. The minimum atomic E-state index is -0.767. The summed E-state index contributed by atoms with van der Waals surface area (Å²) < 4.78 is 0. The Morgan fingerprint density at radius 3 is 2.62 bits per heavy atom. The molecule has 0 radical (unpaired) electrons. The van der Waals surface area contributed by atoms with Crippen molar-refractivity contribution in [1.29, 1.82) is 0 Å². The number of carboxylic acid groups (broad SMARTS) is 1. The molecule has 0 saturated carbocycles. The fourth-order valence-electron chi connectivity index (χ4n) is 2.99. The van der Waals surface area contributed by atoms with Crippen LogP contribution < -0.4 is 5.32 Å². The first-order valence-electron chi connectivity index (χ1n) is 8.17. The molecule has 0 aromatic heterocycles. The van der Waals surface area contributed by atoms with Gasteiger partial charge in [-0.3, -0.25) is 4.79 Å². The molecule has 0 bridgehead atoms. The molecule has 2 N–H and O–H groups in total. The van der Waals surface area contributed by atoms with Gasteiger partial charge < -0.3 is 15.3 Å². The highest BCUT2D eigenvalue weighted by Crippen LogP contribution is 2.35. The van der Waals surface area contributed by atoms with E-state index >= 15 is 0 Å². The summed E-state index contributed by atoms with van der Waals surface area (Å²) in [5.74, 6) is -0.0684. The second kappa shape index (κ2) is 8.25. The highest BCUT2D eigenvalue weighted by atomic mass is 16.4. The number of carbonyl (C=O) groups excluding carboxylic acids is 1. The van der Waals surface area contributed by atoms with Gasteiger partial charge in [0.05, 0.1) is 5.41 Å². The van der Waals surface area contributed by atoms with Gasteiger partial charge in [0.1, 0.15) is 0 Å². The average Bonchev–Trinajstić information content (AvgIpc) is 2.84. The third-order valence-corrected chi connectivity index (χ3v) is 4.31. The lowest BCUT2D eigenvalue weighted by atomic mass is 9.83. The zero-order valence-corrected chi connectivity index (χ0v) is 13.7. The van der Waals surface area contributed by atoms with E-state index < -0.39 is 11.4 Å². The number of urea groups is 1. The zero-order chi connectivity index (χ0) is 15.9. The van der Waals surface area contributed by atoms with Gasteiger partial charge in [0.2, 0.25) is 0 Å². The molecule has 2 amide bonds. The number of carbonyl (C=O) groups is 2. The van der Waals surface area contributed by atoms with Crippen LogP contribution in [0.2, 0.25) is 0 Å². The first kappa shape index (κ1) is 17.8. The molecule has 0 aromatic rings. The van der Waals surface area contributed by atoms with Gasteiger partial charge in [0.15, 0.2) is 0 Å². The lowest BCUT2D eigenvalue weighted by Gasteiger charge is -2.24. The van der Waals surface area contributed by atoms with Gasteiger partial charge in [-0.15, -0.1) is 0 Å². The number of unbranched alkanes of at least 4 members (excludes halogenated alkanes) is 1. The first-order valence-corrected chi connectivity index (χ1v) is 8.17. The van der Waals surface area contributed by atoms with Crippen LogP contribution in [0.3, 0.4) is 0 Å². The third-order valence-electron chi connectivity index (χ3n) is 4.31. The molecule has 21 heavy (non-hydrogen) atoms. The summed E-state index contributed by atoms with van der Waals surface area (Å²) in [6, 6.07) is -0.112. The Morgan fingerprint density at radius 2 is 2.05 bits per heavy atom. The molecule has 1 atom stereocenters. The molecule has 0 aromatic carbocycles. The van der Waals surface area contributed by atoms with E-state index in [1.165, 1.54) is 6.42 Å². The number of aliphatic carboxylic acids is 1. The molecule has 1 aliphatic heterocycles. The molecule has 1 fully saturated rings. The zero-order valence-electron chi connectivity index (χ0n) is 13.7. The molecule has 0 spiro atoms. The molecule has 1 unspecified atom stereocenters. The third kappa shape index (κ3) is 5.21.